The molecule has 0 atom stereocenters. The van der Waals surface area contributed by atoms with Crippen LogP contribution in [0.15, 0.2) is 0 Å². The van der Waals surface area contributed by atoms with Gasteiger partial charge in [0.2, 0.25) is 0 Å². The topological polar surface area (TPSA) is 142 Å². The Labute approximate surface area is 240 Å². The normalized spacial score (nSPS) is 11.8. The molecule has 0 rings (SSSR count). The average molecular weight is 586 g/mol. The fraction of sp³-hybridized carbons (Fsp3) is 0.963. The lowest BCUT2D eigenvalue weighted by Gasteiger charge is -2.19. The molecule has 0 unspecified atom stereocenters. The third-order valence-corrected chi connectivity index (χ3v) is 4.56. The zero-order chi connectivity index (χ0) is 29.4. The smallest absolute Gasteiger partial charge is 0.308 e. The van der Waals surface area contributed by atoms with Crippen molar-refractivity contribution < 1.29 is 57.3 Å². The highest BCUT2D eigenvalue weighted by atomic mass is 16.6. The van der Waals surface area contributed by atoms with Gasteiger partial charge in [0.25, 0.3) is 0 Å². The highest BCUT2D eigenvalue weighted by Crippen LogP contribution is 2.08. The maximum Gasteiger partial charge on any atom is 0.308 e. The van der Waals surface area contributed by atoms with E-state index in [2.05, 4.69) is 5.32 Å². The van der Waals surface area contributed by atoms with E-state index in [1.54, 1.807) is 0 Å². The lowest BCUT2D eigenvalue weighted by molar-refractivity contribution is -0.156. The van der Waals surface area contributed by atoms with Crippen LogP contribution in [0.5, 0.6) is 0 Å². The monoisotopic (exact) mass is 585 g/mol. The van der Waals surface area contributed by atoms with E-state index in [-0.39, 0.29) is 19.0 Å². The van der Waals surface area contributed by atoms with E-state index >= 15 is 0 Å². The fourth-order valence-corrected chi connectivity index (χ4v) is 2.77. The van der Waals surface area contributed by atoms with Crippen molar-refractivity contribution in [3.8, 4) is 0 Å². The molecule has 0 aromatic heterocycles. The van der Waals surface area contributed by atoms with Gasteiger partial charge in [0.15, 0.2) is 0 Å². The summed E-state index contributed by atoms with van der Waals surface area (Å²) >= 11 is 0. The maximum atomic E-state index is 11.5. The van der Waals surface area contributed by atoms with Crippen LogP contribution < -0.4 is 5.32 Å². The van der Waals surface area contributed by atoms with E-state index < -0.39 is 5.60 Å². The van der Waals surface area contributed by atoms with Gasteiger partial charge >= 0.3 is 5.97 Å². The molecule has 0 aliphatic carbocycles. The van der Waals surface area contributed by atoms with Gasteiger partial charge in [-0.2, -0.15) is 0 Å². The summed E-state index contributed by atoms with van der Waals surface area (Å²) in [6.07, 6.45) is 0.233. The second-order valence-electron chi connectivity index (χ2n) is 9.32. The summed E-state index contributed by atoms with van der Waals surface area (Å²) in [6.45, 7) is 15.8. The second kappa shape index (κ2) is 31.0. The van der Waals surface area contributed by atoms with Crippen LogP contribution >= 0.6 is 0 Å². The summed E-state index contributed by atoms with van der Waals surface area (Å²) in [5.74, 6) is -0.264. The third kappa shape index (κ3) is 35.1. The van der Waals surface area contributed by atoms with E-state index in [0.717, 1.165) is 13.1 Å². The predicted octanol–water partition coefficient (Wildman–Crippen LogP) is 0.450. The Hall–Kier alpha value is -0.970. The first-order chi connectivity index (χ1) is 19.5. The Morgan fingerprint density at radius 1 is 0.500 bits per heavy atom. The molecule has 0 aliphatic rings. The van der Waals surface area contributed by atoms with Crippen molar-refractivity contribution >= 4 is 5.97 Å². The molecule has 0 aromatic carbocycles. The number of nitrogens with one attached hydrogen (secondary N) is 1. The minimum absolute atomic E-state index is 0.0508. The van der Waals surface area contributed by atoms with E-state index in [0.29, 0.717) is 119 Å². The molecule has 0 amide bonds. The van der Waals surface area contributed by atoms with Gasteiger partial charge in [-0.1, -0.05) is 0 Å². The van der Waals surface area contributed by atoms with Gasteiger partial charge in [-0.05, 0) is 20.8 Å². The highest BCUT2D eigenvalue weighted by Gasteiger charge is 2.15. The maximum absolute atomic E-state index is 11.5. The SMILES string of the molecule is CC(C)(C)OC(=O)CCOCCOCCOCCOCCOCCOCCOCCOCCNCCOCCO. The van der Waals surface area contributed by atoms with Gasteiger partial charge < -0.3 is 57.8 Å². The molecule has 40 heavy (non-hydrogen) atoms. The van der Waals surface area contributed by atoms with Crippen molar-refractivity contribution in [3.05, 3.63) is 0 Å². The number of carbonyl (C=O) groups excluding carboxylic acids is 1. The first-order valence-electron chi connectivity index (χ1n) is 14.2. The van der Waals surface area contributed by atoms with E-state index in [4.69, 9.17) is 52.5 Å². The number of carbonyl (C=O) groups is 1. The lowest BCUT2D eigenvalue weighted by atomic mass is 10.2. The summed E-state index contributed by atoms with van der Waals surface area (Å²) in [7, 11) is 0. The molecule has 13 nitrogen and oxygen atoms in total. The van der Waals surface area contributed by atoms with Gasteiger partial charge in [0.05, 0.1) is 132 Å². The standard InChI is InChI=1S/C27H55NO12/c1-27(2,3)40-26(30)4-8-31-12-14-34-16-18-36-20-22-38-24-25-39-23-21-37-19-17-35-15-13-33-10-6-28-5-9-32-11-7-29/h28-29H,4-25H2,1-3H3. The molecule has 240 valence electrons. The first-order valence-corrected chi connectivity index (χ1v) is 14.2. The second-order valence-corrected chi connectivity index (χ2v) is 9.32. The highest BCUT2D eigenvalue weighted by molar-refractivity contribution is 5.69. The number of ether oxygens (including phenoxy) is 10. The van der Waals surface area contributed by atoms with Crippen molar-refractivity contribution in [1.29, 1.82) is 0 Å². The van der Waals surface area contributed by atoms with Crippen molar-refractivity contribution in [3.63, 3.8) is 0 Å². The molecule has 0 saturated carbocycles. The van der Waals surface area contributed by atoms with Crippen molar-refractivity contribution in [1.82, 2.24) is 5.32 Å². The zero-order valence-corrected chi connectivity index (χ0v) is 25.0. The lowest BCUT2D eigenvalue weighted by Crippen LogP contribution is -2.25. The summed E-state index contributed by atoms with van der Waals surface area (Å²) in [5.41, 5.74) is -0.471. The summed E-state index contributed by atoms with van der Waals surface area (Å²) in [6, 6.07) is 0. The Kier molecular flexibility index (Phi) is 30.2. The quantitative estimate of drug-likeness (QED) is 0.0834. The third-order valence-electron chi connectivity index (χ3n) is 4.56. The fourth-order valence-electron chi connectivity index (χ4n) is 2.77. The summed E-state index contributed by atoms with van der Waals surface area (Å²) in [4.78, 5) is 11.5. The molecule has 2 N–H and O–H groups in total. The molecule has 0 bridgehead atoms. The molecular weight excluding hydrogens is 530 g/mol. The zero-order valence-electron chi connectivity index (χ0n) is 25.0. The molecular formula is C27H55NO12. The summed E-state index contributed by atoms with van der Waals surface area (Å²) < 4.78 is 53.8. The van der Waals surface area contributed by atoms with E-state index in [9.17, 15) is 4.79 Å². The number of hydrogen-bond donors (Lipinski definition) is 2. The van der Waals surface area contributed by atoms with Crippen LogP contribution in [-0.4, -0.2) is 155 Å². The Morgan fingerprint density at radius 2 is 0.800 bits per heavy atom. The van der Waals surface area contributed by atoms with Crippen molar-refractivity contribution in [2.24, 2.45) is 0 Å². The van der Waals surface area contributed by atoms with Crippen molar-refractivity contribution in [2.75, 3.05) is 139 Å². The van der Waals surface area contributed by atoms with Gasteiger partial charge in [-0.25, -0.2) is 0 Å². The van der Waals surface area contributed by atoms with Crippen LogP contribution in [0, 0.1) is 0 Å². The number of hydrogen-bond acceptors (Lipinski definition) is 13. The molecule has 0 fully saturated rings. The molecule has 13 heteroatoms. The van der Waals surface area contributed by atoms with Crippen molar-refractivity contribution in [2.45, 2.75) is 32.8 Å². The van der Waals surface area contributed by atoms with Crippen LogP contribution in [0.1, 0.15) is 27.2 Å². The predicted molar refractivity (Wildman–Crippen MR) is 148 cm³/mol. The van der Waals surface area contributed by atoms with Gasteiger partial charge in [-0.3, -0.25) is 4.79 Å². The van der Waals surface area contributed by atoms with Gasteiger partial charge in [0, 0.05) is 13.1 Å². The summed E-state index contributed by atoms with van der Waals surface area (Å²) in [5, 5.41) is 11.8. The minimum atomic E-state index is -0.471. The largest absolute Gasteiger partial charge is 0.460 e. The minimum Gasteiger partial charge on any atom is -0.460 e. The number of esters is 1. The van der Waals surface area contributed by atoms with Crippen LogP contribution in [-0.2, 0) is 52.2 Å². The van der Waals surface area contributed by atoms with E-state index in [1.165, 1.54) is 0 Å². The molecule has 0 aliphatic heterocycles. The molecule has 0 saturated heterocycles. The Morgan fingerprint density at radius 3 is 1.12 bits per heavy atom. The van der Waals surface area contributed by atoms with Gasteiger partial charge in [-0.15, -0.1) is 0 Å². The van der Waals surface area contributed by atoms with Crippen LogP contribution in [0.25, 0.3) is 0 Å². The molecule has 0 aromatic rings. The average Bonchev–Trinajstić information content (AvgIpc) is 2.90. The van der Waals surface area contributed by atoms with Gasteiger partial charge in [0.1, 0.15) is 5.60 Å². The Bertz CT molecular complexity index is 522. The number of rotatable bonds is 32. The Balaban J connectivity index is 3.09. The molecule has 0 heterocycles. The molecule has 0 spiro atoms. The number of aliphatic hydroxyl groups excluding tert-OH is 1. The van der Waals surface area contributed by atoms with E-state index in [1.807, 2.05) is 20.8 Å². The van der Waals surface area contributed by atoms with Crippen LogP contribution in [0.4, 0.5) is 0 Å². The van der Waals surface area contributed by atoms with Crippen LogP contribution in [0.2, 0.25) is 0 Å². The molecule has 0 radical (unpaired) electrons. The number of aliphatic hydroxyl groups is 1. The van der Waals surface area contributed by atoms with Crippen LogP contribution in [0.3, 0.4) is 0 Å². The first kappa shape index (κ1) is 39.0.